The molecule has 0 unspecified atom stereocenters. The smallest absolute Gasteiger partial charge is 0.202 e. The topological polar surface area (TPSA) is 66.9 Å². The molecule has 0 atom stereocenters. The minimum absolute atomic E-state index is 0.137. The van der Waals surface area contributed by atoms with E-state index in [1.54, 1.807) is 29.7 Å². The van der Waals surface area contributed by atoms with Crippen molar-refractivity contribution in [2.75, 3.05) is 0 Å². The molecule has 0 aliphatic rings. The lowest BCUT2D eigenvalue weighted by Gasteiger charge is -2.00. The van der Waals surface area contributed by atoms with Gasteiger partial charge in [-0.05, 0) is 29.8 Å². The van der Waals surface area contributed by atoms with Crippen LogP contribution < -0.4 is 5.43 Å². The van der Waals surface area contributed by atoms with Gasteiger partial charge in [-0.3, -0.25) is 4.79 Å². The quantitative estimate of drug-likeness (QED) is 0.385. The highest BCUT2D eigenvalue weighted by molar-refractivity contribution is 9.10. The van der Waals surface area contributed by atoms with E-state index in [1.165, 1.54) is 17.6 Å². The normalized spacial score (nSPS) is 11.5. The number of hydrogen-bond donors (Lipinski definition) is 0. The van der Waals surface area contributed by atoms with Crippen LogP contribution in [0.3, 0.4) is 0 Å². The summed E-state index contributed by atoms with van der Waals surface area (Å²) in [5.74, 6) is 0. The van der Waals surface area contributed by atoms with Crippen LogP contribution in [-0.2, 0) is 0 Å². The second kappa shape index (κ2) is 7.31. The zero-order chi connectivity index (χ0) is 18.8. The van der Waals surface area contributed by atoms with Crippen LogP contribution in [0.25, 0.3) is 33.9 Å². The van der Waals surface area contributed by atoms with Gasteiger partial charge in [0, 0.05) is 9.85 Å². The van der Waals surface area contributed by atoms with Crippen LogP contribution in [0.15, 0.2) is 73.9 Å². The van der Waals surface area contributed by atoms with Gasteiger partial charge in [-0.25, -0.2) is 4.98 Å². The first-order valence-electron chi connectivity index (χ1n) is 8.00. The molecule has 4 nitrogen and oxygen atoms in total. The second-order valence-electron chi connectivity index (χ2n) is 5.70. The monoisotopic (exact) mass is 434 g/mol. The summed E-state index contributed by atoms with van der Waals surface area (Å²) in [5, 5.41) is 12.4. The number of para-hydroxylation sites is 1. The summed E-state index contributed by atoms with van der Waals surface area (Å²) in [4.78, 5) is 17.2. The first kappa shape index (κ1) is 17.4. The molecule has 4 aromatic rings. The number of hydrogen-bond acceptors (Lipinski definition) is 5. The van der Waals surface area contributed by atoms with E-state index in [9.17, 15) is 10.1 Å². The van der Waals surface area contributed by atoms with Crippen LogP contribution in [0.4, 0.5) is 0 Å². The predicted octanol–water partition coefficient (Wildman–Crippen LogP) is 5.74. The van der Waals surface area contributed by atoms with Gasteiger partial charge in [0.15, 0.2) is 0 Å². The van der Waals surface area contributed by atoms with Gasteiger partial charge in [-0.2, -0.15) is 5.26 Å². The lowest BCUT2D eigenvalue weighted by molar-refractivity contribution is 0.604. The number of benzene rings is 2. The van der Waals surface area contributed by atoms with Gasteiger partial charge in [0.05, 0.1) is 22.2 Å². The summed E-state index contributed by atoms with van der Waals surface area (Å²) in [5.41, 5.74) is 2.60. The Morgan fingerprint density at radius 1 is 1.19 bits per heavy atom. The fourth-order valence-electron chi connectivity index (χ4n) is 2.67. The summed E-state index contributed by atoms with van der Waals surface area (Å²) < 4.78 is 6.46. The van der Waals surface area contributed by atoms with Gasteiger partial charge in [0.1, 0.15) is 22.9 Å². The molecule has 0 spiro atoms. The molecule has 6 heteroatoms. The molecule has 27 heavy (non-hydrogen) atoms. The number of nitriles is 1. The maximum absolute atomic E-state index is 12.7. The van der Waals surface area contributed by atoms with Crippen molar-refractivity contribution in [1.82, 2.24) is 4.98 Å². The van der Waals surface area contributed by atoms with Crippen LogP contribution in [0.1, 0.15) is 10.6 Å². The molecule has 0 radical (unpaired) electrons. The average molecular weight is 435 g/mol. The van der Waals surface area contributed by atoms with Gasteiger partial charge in [0.2, 0.25) is 5.43 Å². The molecule has 2 aromatic carbocycles. The highest BCUT2D eigenvalue weighted by Crippen LogP contribution is 2.28. The Kier molecular flexibility index (Phi) is 4.71. The maximum atomic E-state index is 12.7. The van der Waals surface area contributed by atoms with Crippen molar-refractivity contribution in [3.63, 3.8) is 0 Å². The van der Waals surface area contributed by atoms with E-state index in [1.807, 2.05) is 30.3 Å². The minimum atomic E-state index is -0.137. The Bertz CT molecular complexity index is 1280. The molecule has 0 aliphatic heterocycles. The second-order valence-corrected chi connectivity index (χ2v) is 7.42. The molecule has 0 aliphatic carbocycles. The van der Waals surface area contributed by atoms with E-state index in [0.717, 1.165) is 10.0 Å². The number of fused-ring (bicyclic) bond motifs is 1. The lowest BCUT2D eigenvalue weighted by Crippen LogP contribution is -2.04. The Balaban J connectivity index is 1.78. The van der Waals surface area contributed by atoms with Crippen LogP contribution in [-0.4, -0.2) is 4.98 Å². The highest BCUT2D eigenvalue weighted by atomic mass is 79.9. The van der Waals surface area contributed by atoms with Gasteiger partial charge >= 0.3 is 0 Å². The number of nitrogens with zero attached hydrogens (tertiary/aromatic N) is 2. The van der Waals surface area contributed by atoms with Crippen molar-refractivity contribution in [3.8, 4) is 17.3 Å². The number of rotatable bonds is 3. The first-order valence-corrected chi connectivity index (χ1v) is 9.68. The third kappa shape index (κ3) is 3.35. The molecule has 2 heterocycles. The molecule has 0 N–H and O–H groups in total. The van der Waals surface area contributed by atoms with E-state index in [-0.39, 0.29) is 5.43 Å². The summed E-state index contributed by atoms with van der Waals surface area (Å²) in [6.07, 6.45) is 3.20. The fraction of sp³-hybridized carbons (Fsp3) is 0. The number of thiazole rings is 1. The summed E-state index contributed by atoms with van der Waals surface area (Å²) >= 11 is 4.79. The van der Waals surface area contributed by atoms with Gasteiger partial charge in [-0.1, -0.05) is 46.3 Å². The number of allylic oxidation sites excluding steroid dienone is 1. The Morgan fingerprint density at radius 3 is 2.78 bits per heavy atom. The van der Waals surface area contributed by atoms with E-state index < -0.39 is 0 Å². The largest absolute Gasteiger partial charge is 0.463 e. The fourth-order valence-corrected chi connectivity index (χ4v) is 3.85. The molecule has 0 saturated heterocycles. The van der Waals surface area contributed by atoms with Crippen molar-refractivity contribution in [1.29, 1.82) is 5.26 Å². The average Bonchev–Trinajstić information content (AvgIpc) is 3.17. The first-order chi connectivity index (χ1) is 13.2. The third-order valence-corrected chi connectivity index (χ3v) is 5.61. The molecular formula is C21H11BrN2O2S. The Hall–Kier alpha value is -3.01. The third-order valence-electron chi connectivity index (χ3n) is 4.02. The van der Waals surface area contributed by atoms with Crippen LogP contribution in [0, 0.1) is 11.3 Å². The standard InChI is InChI=1S/C21H11BrN2O2S/c22-17-7-3-1-5-13(17)9-14(10-23)21-24-18(12-27-21)16-11-26-19-8-4-2-6-15(19)20(16)25/h1-9,11-12H. The molecule has 0 bridgehead atoms. The van der Waals surface area contributed by atoms with Crippen molar-refractivity contribution in [3.05, 3.63) is 85.4 Å². The number of aromatic nitrogens is 1. The number of halogens is 1. The summed E-state index contributed by atoms with van der Waals surface area (Å²) in [7, 11) is 0. The molecule has 0 amide bonds. The van der Waals surface area contributed by atoms with Crippen LogP contribution >= 0.6 is 27.3 Å². The van der Waals surface area contributed by atoms with Crippen molar-refractivity contribution in [2.24, 2.45) is 0 Å². The SMILES string of the molecule is N#CC(=Cc1ccccc1Br)c1nc(-c2coc3ccccc3c2=O)cs1. The van der Waals surface area contributed by atoms with Crippen molar-refractivity contribution in [2.45, 2.75) is 0 Å². The van der Waals surface area contributed by atoms with Gasteiger partial charge in [-0.15, -0.1) is 11.3 Å². The van der Waals surface area contributed by atoms with Gasteiger partial charge in [0.25, 0.3) is 0 Å². The predicted molar refractivity (Wildman–Crippen MR) is 111 cm³/mol. The molecule has 130 valence electrons. The maximum Gasteiger partial charge on any atom is 0.202 e. The summed E-state index contributed by atoms with van der Waals surface area (Å²) in [6.45, 7) is 0. The van der Waals surface area contributed by atoms with E-state index >= 15 is 0 Å². The zero-order valence-corrected chi connectivity index (χ0v) is 16.3. The molecule has 0 fully saturated rings. The van der Waals surface area contributed by atoms with E-state index in [2.05, 4.69) is 27.0 Å². The van der Waals surface area contributed by atoms with Crippen LogP contribution in [0.2, 0.25) is 0 Å². The Morgan fingerprint density at radius 2 is 1.96 bits per heavy atom. The van der Waals surface area contributed by atoms with E-state index in [0.29, 0.717) is 32.8 Å². The zero-order valence-electron chi connectivity index (χ0n) is 13.8. The molecule has 2 aromatic heterocycles. The Labute approximate surface area is 167 Å². The molecular weight excluding hydrogens is 424 g/mol. The van der Waals surface area contributed by atoms with Crippen molar-refractivity contribution < 1.29 is 4.42 Å². The summed E-state index contributed by atoms with van der Waals surface area (Å²) in [6, 6.07) is 16.9. The molecule has 0 saturated carbocycles. The van der Waals surface area contributed by atoms with Crippen LogP contribution in [0.5, 0.6) is 0 Å². The highest BCUT2D eigenvalue weighted by Gasteiger charge is 2.14. The molecule has 4 rings (SSSR count). The minimum Gasteiger partial charge on any atom is -0.463 e. The van der Waals surface area contributed by atoms with Gasteiger partial charge < -0.3 is 4.42 Å². The van der Waals surface area contributed by atoms with E-state index in [4.69, 9.17) is 4.42 Å². The lowest BCUT2D eigenvalue weighted by atomic mass is 10.1. The van der Waals surface area contributed by atoms with Crippen molar-refractivity contribution >= 4 is 49.9 Å².